The zero-order valence-electron chi connectivity index (χ0n) is 10.3. The van der Waals surface area contributed by atoms with Crippen LogP contribution in [0.3, 0.4) is 0 Å². The summed E-state index contributed by atoms with van der Waals surface area (Å²) >= 11 is 5.64. The summed E-state index contributed by atoms with van der Waals surface area (Å²) in [5, 5.41) is 31.5. The van der Waals surface area contributed by atoms with Gasteiger partial charge in [0.1, 0.15) is 5.15 Å². The maximum atomic E-state index is 12.0. The summed E-state index contributed by atoms with van der Waals surface area (Å²) < 4.78 is 0. The Morgan fingerprint density at radius 1 is 1.24 bits per heavy atom. The highest BCUT2D eigenvalue weighted by Gasteiger charge is 2.19. The van der Waals surface area contributed by atoms with Gasteiger partial charge in [-0.3, -0.25) is 14.9 Å². The second-order valence-electron chi connectivity index (χ2n) is 3.92. The number of hydrogen-bond acceptors (Lipinski definition) is 6. The Balaban J connectivity index is 2.33. The van der Waals surface area contributed by atoms with E-state index in [1.54, 1.807) is 0 Å². The molecule has 0 aliphatic rings. The third-order valence-electron chi connectivity index (χ3n) is 2.51. The fourth-order valence-electron chi connectivity index (χ4n) is 1.51. The molecule has 1 aromatic carbocycles. The first kappa shape index (κ1) is 14.5. The summed E-state index contributed by atoms with van der Waals surface area (Å²) in [7, 11) is 0. The molecule has 8 nitrogen and oxygen atoms in total. The van der Waals surface area contributed by atoms with Crippen LogP contribution in [0.1, 0.15) is 10.4 Å². The maximum absolute atomic E-state index is 12.0. The number of benzene rings is 1. The second-order valence-corrected chi connectivity index (χ2v) is 4.30. The highest BCUT2D eigenvalue weighted by atomic mass is 35.5. The predicted molar refractivity (Wildman–Crippen MR) is 73.6 cm³/mol. The number of halogens is 1. The number of pyridine rings is 1. The van der Waals surface area contributed by atoms with Crippen molar-refractivity contribution < 1.29 is 19.9 Å². The molecule has 1 amide bonds. The molecule has 2 rings (SSSR count). The van der Waals surface area contributed by atoms with Crippen molar-refractivity contribution in [3.05, 3.63) is 51.2 Å². The van der Waals surface area contributed by atoms with Crippen molar-refractivity contribution in [2.45, 2.75) is 0 Å². The van der Waals surface area contributed by atoms with Crippen LogP contribution in [0, 0.1) is 10.1 Å². The van der Waals surface area contributed by atoms with Gasteiger partial charge in [-0.2, -0.15) is 0 Å². The maximum Gasteiger partial charge on any atom is 0.311 e. The molecule has 0 aliphatic carbocycles. The number of rotatable bonds is 3. The quantitative estimate of drug-likeness (QED) is 0.346. The lowest BCUT2D eigenvalue weighted by atomic mass is 10.2. The molecule has 0 saturated carbocycles. The molecule has 0 unspecified atom stereocenters. The molecule has 1 heterocycles. The van der Waals surface area contributed by atoms with E-state index in [9.17, 15) is 20.0 Å². The zero-order valence-corrected chi connectivity index (χ0v) is 11.0. The van der Waals surface area contributed by atoms with Gasteiger partial charge in [0.2, 0.25) is 5.82 Å². The summed E-state index contributed by atoms with van der Waals surface area (Å²) in [6.45, 7) is 0. The number of amides is 1. The number of nitrogens with one attached hydrogen (secondary N) is 1. The Morgan fingerprint density at radius 3 is 2.57 bits per heavy atom. The smallest absolute Gasteiger partial charge is 0.311 e. The first-order valence-corrected chi connectivity index (χ1v) is 5.90. The summed E-state index contributed by atoms with van der Waals surface area (Å²) in [4.78, 5) is 25.8. The van der Waals surface area contributed by atoms with E-state index in [4.69, 9.17) is 16.7 Å². The number of carbonyl (C=O) groups excluding carboxylic acids is 1. The van der Waals surface area contributed by atoms with Gasteiger partial charge in [-0.1, -0.05) is 11.6 Å². The molecule has 0 spiro atoms. The molecule has 0 aliphatic heterocycles. The van der Waals surface area contributed by atoms with Gasteiger partial charge in [-0.25, -0.2) is 4.98 Å². The van der Waals surface area contributed by atoms with E-state index < -0.39 is 28.0 Å². The van der Waals surface area contributed by atoms with E-state index in [0.717, 1.165) is 18.2 Å². The van der Waals surface area contributed by atoms with Crippen molar-refractivity contribution in [3.63, 3.8) is 0 Å². The largest absolute Gasteiger partial charge is 0.504 e. The number of aromatic hydroxyl groups is 2. The first-order chi connectivity index (χ1) is 9.88. The molecule has 2 aromatic rings. The van der Waals surface area contributed by atoms with Crippen molar-refractivity contribution >= 4 is 29.0 Å². The van der Waals surface area contributed by atoms with Gasteiger partial charge in [0.15, 0.2) is 11.5 Å². The molecule has 108 valence electrons. The van der Waals surface area contributed by atoms with Gasteiger partial charge < -0.3 is 15.5 Å². The normalized spacial score (nSPS) is 10.1. The Labute approximate surface area is 122 Å². The summed E-state index contributed by atoms with van der Waals surface area (Å²) in [5.41, 5.74) is -0.433. The van der Waals surface area contributed by atoms with Gasteiger partial charge >= 0.3 is 5.69 Å². The molecule has 3 N–H and O–H groups in total. The van der Waals surface area contributed by atoms with Crippen LogP contribution in [0.5, 0.6) is 11.5 Å². The van der Waals surface area contributed by atoms with Gasteiger partial charge in [0.05, 0.1) is 4.92 Å². The van der Waals surface area contributed by atoms with E-state index in [0.29, 0.717) is 0 Å². The Kier molecular flexibility index (Phi) is 3.90. The number of nitrogens with zero attached hydrogens (tertiary/aromatic N) is 2. The Bertz CT molecular complexity index is 735. The third kappa shape index (κ3) is 3.18. The molecule has 21 heavy (non-hydrogen) atoms. The lowest BCUT2D eigenvalue weighted by Gasteiger charge is -2.06. The average Bonchev–Trinajstić information content (AvgIpc) is 2.41. The molecule has 0 bridgehead atoms. The average molecular weight is 310 g/mol. The van der Waals surface area contributed by atoms with Crippen LogP contribution >= 0.6 is 11.6 Å². The van der Waals surface area contributed by atoms with Crippen molar-refractivity contribution in [2.24, 2.45) is 0 Å². The van der Waals surface area contributed by atoms with E-state index in [1.165, 1.54) is 12.1 Å². The molecule has 0 saturated heterocycles. The molecule has 9 heteroatoms. The predicted octanol–water partition coefficient (Wildman–Crippen LogP) is 2.31. The topological polar surface area (TPSA) is 126 Å². The van der Waals surface area contributed by atoms with Crippen molar-refractivity contribution in [2.75, 3.05) is 5.32 Å². The minimum Gasteiger partial charge on any atom is -0.504 e. The molecular formula is C12H8ClN3O5. The fraction of sp³-hybridized carbons (Fsp3) is 0. The fourth-order valence-corrected chi connectivity index (χ4v) is 1.66. The highest BCUT2D eigenvalue weighted by Crippen LogP contribution is 2.27. The molecular weight excluding hydrogens is 302 g/mol. The monoisotopic (exact) mass is 309 g/mol. The van der Waals surface area contributed by atoms with E-state index in [2.05, 4.69) is 10.3 Å². The van der Waals surface area contributed by atoms with Gasteiger partial charge in [-0.05, 0) is 24.3 Å². The van der Waals surface area contributed by atoms with Crippen molar-refractivity contribution in [1.82, 2.24) is 4.98 Å². The Hall–Kier alpha value is -2.87. The van der Waals surface area contributed by atoms with Crippen molar-refractivity contribution in [1.29, 1.82) is 0 Å². The van der Waals surface area contributed by atoms with Crippen LogP contribution in [0.15, 0.2) is 30.3 Å². The highest BCUT2D eigenvalue weighted by molar-refractivity contribution is 6.29. The minimum atomic E-state index is -0.747. The third-order valence-corrected chi connectivity index (χ3v) is 2.72. The summed E-state index contributed by atoms with van der Waals surface area (Å²) in [6, 6.07) is 5.70. The molecule has 0 atom stereocenters. The SMILES string of the molecule is O=C(Nc1nc(Cl)ccc1[N+](=O)[O-])c1ccc(O)c(O)c1. The summed E-state index contributed by atoms with van der Waals surface area (Å²) in [5.74, 6) is -1.94. The molecule has 0 fully saturated rings. The van der Waals surface area contributed by atoms with Crippen LogP contribution in [0.4, 0.5) is 11.5 Å². The summed E-state index contributed by atoms with van der Waals surface area (Å²) in [6.07, 6.45) is 0. The molecule has 1 aromatic heterocycles. The van der Waals surface area contributed by atoms with E-state index in [-0.39, 0.29) is 16.5 Å². The standard InChI is InChI=1S/C12H8ClN3O5/c13-10-4-2-7(16(20)21)11(14-10)15-12(19)6-1-3-8(17)9(18)5-6/h1-5,17-18H,(H,14,15,19). The number of carbonyl (C=O) groups is 1. The first-order valence-electron chi connectivity index (χ1n) is 5.53. The Morgan fingerprint density at radius 2 is 1.95 bits per heavy atom. The van der Waals surface area contributed by atoms with Gasteiger partial charge in [-0.15, -0.1) is 0 Å². The number of hydrogen-bond donors (Lipinski definition) is 3. The molecule has 0 radical (unpaired) electrons. The van der Waals surface area contributed by atoms with Crippen LogP contribution in [-0.2, 0) is 0 Å². The van der Waals surface area contributed by atoms with Crippen LogP contribution in [-0.4, -0.2) is 26.0 Å². The van der Waals surface area contributed by atoms with E-state index in [1.807, 2.05) is 0 Å². The zero-order chi connectivity index (χ0) is 15.6. The lowest BCUT2D eigenvalue weighted by Crippen LogP contribution is -2.14. The van der Waals surface area contributed by atoms with Crippen LogP contribution < -0.4 is 5.32 Å². The second kappa shape index (κ2) is 5.63. The van der Waals surface area contributed by atoms with Crippen molar-refractivity contribution in [3.8, 4) is 11.5 Å². The number of phenolic OH excluding ortho intramolecular Hbond substituents is 2. The number of aromatic nitrogens is 1. The minimum absolute atomic E-state index is 0.0126. The number of anilines is 1. The van der Waals surface area contributed by atoms with Crippen LogP contribution in [0.2, 0.25) is 5.15 Å². The lowest BCUT2D eigenvalue weighted by molar-refractivity contribution is -0.384. The van der Waals surface area contributed by atoms with E-state index >= 15 is 0 Å². The van der Waals surface area contributed by atoms with Gasteiger partial charge in [0, 0.05) is 11.6 Å². The number of phenols is 2. The van der Waals surface area contributed by atoms with Crippen LogP contribution in [0.25, 0.3) is 0 Å². The number of nitro groups is 1. The van der Waals surface area contributed by atoms with Gasteiger partial charge in [0.25, 0.3) is 5.91 Å².